The van der Waals surface area contributed by atoms with Crippen LogP contribution in [-0.2, 0) is 11.2 Å². The summed E-state index contributed by atoms with van der Waals surface area (Å²) >= 11 is 3.28. The molecule has 6 heteroatoms. The summed E-state index contributed by atoms with van der Waals surface area (Å²) in [4.78, 5) is 23.7. The van der Waals surface area contributed by atoms with Gasteiger partial charge in [-0.3, -0.25) is 20.4 Å². The number of hydrogen-bond donors (Lipinski definition) is 2. The van der Waals surface area contributed by atoms with Crippen LogP contribution in [0.4, 0.5) is 0 Å². The number of rotatable bonds is 5. The Morgan fingerprint density at radius 1 is 1.09 bits per heavy atom. The summed E-state index contributed by atoms with van der Waals surface area (Å²) in [6, 6.07) is 14.5. The lowest BCUT2D eigenvalue weighted by Gasteiger charge is -2.10. The molecule has 120 valence electrons. The first-order valence-corrected chi connectivity index (χ1v) is 7.95. The minimum atomic E-state index is -0.438. The SMILES string of the molecule is CCc1cccc(OCC(=O)NNC(=O)c2ccccc2Br)c1. The molecular weight excluding hydrogens is 360 g/mol. The fourth-order valence-corrected chi connectivity index (χ4v) is 2.34. The molecule has 0 spiro atoms. The van der Waals surface area contributed by atoms with Gasteiger partial charge in [0.25, 0.3) is 11.8 Å². The van der Waals surface area contributed by atoms with Crippen molar-refractivity contribution in [2.45, 2.75) is 13.3 Å². The molecule has 5 nitrogen and oxygen atoms in total. The first-order valence-electron chi connectivity index (χ1n) is 7.15. The number of aryl methyl sites for hydroxylation is 1. The predicted octanol–water partition coefficient (Wildman–Crippen LogP) is 2.85. The standard InChI is InChI=1S/C17H17BrN2O3/c1-2-12-6-5-7-13(10-12)23-11-16(21)19-20-17(22)14-8-3-4-9-15(14)18/h3-10H,2,11H2,1H3,(H,19,21)(H,20,22). The highest BCUT2D eigenvalue weighted by Crippen LogP contribution is 2.15. The van der Waals surface area contributed by atoms with Crippen molar-refractivity contribution in [2.24, 2.45) is 0 Å². The van der Waals surface area contributed by atoms with Gasteiger partial charge in [0.1, 0.15) is 5.75 Å². The molecule has 2 rings (SSSR count). The molecule has 0 radical (unpaired) electrons. The van der Waals surface area contributed by atoms with E-state index in [-0.39, 0.29) is 6.61 Å². The Labute approximate surface area is 143 Å². The van der Waals surface area contributed by atoms with Gasteiger partial charge in [-0.15, -0.1) is 0 Å². The lowest BCUT2D eigenvalue weighted by atomic mass is 10.2. The van der Waals surface area contributed by atoms with Crippen LogP contribution < -0.4 is 15.6 Å². The quantitative estimate of drug-likeness (QED) is 0.788. The number of nitrogens with one attached hydrogen (secondary N) is 2. The Hall–Kier alpha value is -2.34. The number of ether oxygens (including phenoxy) is 1. The van der Waals surface area contributed by atoms with E-state index >= 15 is 0 Å². The number of hydrazine groups is 1. The van der Waals surface area contributed by atoms with E-state index in [1.54, 1.807) is 30.3 Å². The molecular formula is C17H17BrN2O3. The van der Waals surface area contributed by atoms with Gasteiger partial charge in [0.05, 0.1) is 5.56 Å². The molecule has 2 amide bonds. The molecule has 0 bridgehead atoms. The van der Waals surface area contributed by atoms with Gasteiger partial charge in [0, 0.05) is 4.47 Å². The zero-order valence-electron chi connectivity index (χ0n) is 12.6. The number of benzene rings is 2. The molecule has 2 aromatic carbocycles. The molecule has 0 saturated heterocycles. The van der Waals surface area contributed by atoms with E-state index in [1.807, 2.05) is 25.1 Å². The van der Waals surface area contributed by atoms with E-state index in [0.29, 0.717) is 15.8 Å². The maximum atomic E-state index is 11.9. The van der Waals surface area contributed by atoms with Crippen molar-refractivity contribution < 1.29 is 14.3 Å². The molecule has 0 aliphatic rings. The topological polar surface area (TPSA) is 67.4 Å². The van der Waals surface area contributed by atoms with Crippen LogP contribution in [0.3, 0.4) is 0 Å². The van der Waals surface area contributed by atoms with Crippen molar-refractivity contribution in [3.63, 3.8) is 0 Å². The summed E-state index contributed by atoms with van der Waals surface area (Å²) in [6.07, 6.45) is 0.894. The zero-order chi connectivity index (χ0) is 16.7. The average molecular weight is 377 g/mol. The molecule has 0 saturated carbocycles. The van der Waals surface area contributed by atoms with Crippen LogP contribution in [0.15, 0.2) is 53.0 Å². The van der Waals surface area contributed by atoms with Crippen LogP contribution in [0.25, 0.3) is 0 Å². The van der Waals surface area contributed by atoms with Crippen LogP contribution in [-0.4, -0.2) is 18.4 Å². The molecule has 0 aromatic heterocycles. The molecule has 0 fully saturated rings. The summed E-state index contributed by atoms with van der Waals surface area (Å²) in [7, 11) is 0. The minimum absolute atomic E-state index is 0.177. The highest BCUT2D eigenvalue weighted by atomic mass is 79.9. The number of carbonyl (C=O) groups is 2. The summed E-state index contributed by atoms with van der Waals surface area (Å²) in [5.41, 5.74) is 6.24. The Kier molecular flexibility index (Phi) is 6.17. The molecule has 0 aliphatic heterocycles. The van der Waals surface area contributed by atoms with Gasteiger partial charge >= 0.3 is 0 Å². The highest BCUT2D eigenvalue weighted by molar-refractivity contribution is 9.10. The average Bonchev–Trinajstić information content (AvgIpc) is 2.58. The second kappa shape index (κ2) is 8.33. The van der Waals surface area contributed by atoms with Crippen LogP contribution >= 0.6 is 15.9 Å². The normalized spacial score (nSPS) is 10.0. The Balaban J connectivity index is 1.81. The molecule has 2 aromatic rings. The largest absolute Gasteiger partial charge is 0.484 e. The fourth-order valence-electron chi connectivity index (χ4n) is 1.88. The van der Waals surface area contributed by atoms with Crippen LogP contribution in [0.5, 0.6) is 5.75 Å². The maximum absolute atomic E-state index is 11.9. The van der Waals surface area contributed by atoms with E-state index in [2.05, 4.69) is 26.8 Å². The van der Waals surface area contributed by atoms with Crippen LogP contribution in [0.2, 0.25) is 0 Å². The van der Waals surface area contributed by atoms with Gasteiger partial charge in [-0.25, -0.2) is 0 Å². The van der Waals surface area contributed by atoms with E-state index in [4.69, 9.17) is 4.74 Å². The number of halogens is 1. The molecule has 0 heterocycles. The van der Waals surface area contributed by atoms with Crippen molar-refractivity contribution in [1.29, 1.82) is 0 Å². The summed E-state index contributed by atoms with van der Waals surface area (Å²) in [5, 5.41) is 0. The maximum Gasteiger partial charge on any atom is 0.276 e. The Bertz CT molecular complexity index is 704. The van der Waals surface area contributed by atoms with Gasteiger partial charge < -0.3 is 4.74 Å². The van der Waals surface area contributed by atoms with Gasteiger partial charge in [-0.1, -0.05) is 31.2 Å². The first-order chi connectivity index (χ1) is 11.1. The second-order valence-corrected chi connectivity index (χ2v) is 5.63. The zero-order valence-corrected chi connectivity index (χ0v) is 14.2. The van der Waals surface area contributed by atoms with E-state index in [9.17, 15) is 9.59 Å². The molecule has 0 unspecified atom stereocenters. The highest BCUT2D eigenvalue weighted by Gasteiger charge is 2.10. The predicted molar refractivity (Wildman–Crippen MR) is 91.1 cm³/mol. The monoisotopic (exact) mass is 376 g/mol. The Morgan fingerprint density at radius 3 is 2.61 bits per heavy atom. The smallest absolute Gasteiger partial charge is 0.276 e. The lowest BCUT2D eigenvalue weighted by Crippen LogP contribution is -2.43. The second-order valence-electron chi connectivity index (χ2n) is 4.77. The van der Waals surface area contributed by atoms with E-state index in [0.717, 1.165) is 12.0 Å². The lowest BCUT2D eigenvalue weighted by molar-refractivity contribution is -0.123. The van der Waals surface area contributed by atoms with Gasteiger partial charge in [-0.2, -0.15) is 0 Å². The Morgan fingerprint density at radius 2 is 1.87 bits per heavy atom. The van der Waals surface area contributed by atoms with E-state index < -0.39 is 11.8 Å². The number of carbonyl (C=O) groups excluding carboxylic acids is 2. The molecule has 0 aliphatic carbocycles. The third kappa shape index (κ3) is 5.10. The molecule has 2 N–H and O–H groups in total. The van der Waals surface area contributed by atoms with Crippen molar-refractivity contribution in [3.8, 4) is 5.75 Å². The number of hydrogen-bond acceptors (Lipinski definition) is 3. The number of amides is 2. The summed E-state index contributed by atoms with van der Waals surface area (Å²) < 4.78 is 6.05. The summed E-state index contributed by atoms with van der Waals surface area (Å²) in [5.74, 6) is -0.220. The van der Waals surface area contributed by atoms with Crippen molar-refractivity contribution in [2.75, 3.05) is 6.61 Å². The van der Waals surface area contributed by atoms with Gasteiger partial charge in [-0.05, 0) is 52.2 Å². The van der Waals surface area contributed by atoms with Crippen LogP contribution in [0.1, 0.15) is 22.8 Å². The molecule has 23 heavy (non-hydrogen) atoms. The minimum Gasteiger partial charge on any atom is -0.484 e. The third-order valence-electron chi connectivity index (χ3n) is 3.11. The van der Waals surface area contributed by atoms with Crippen molar-refractivity contribution >= 4 is 27.7 Å². The van der Waals surface area contributed by atoms with E-state index in [1.165, 1.54) is 0 Å². The third-order valence-corrected chi connectivity index (χ3v) is 3.80. The summed E-state index contributed by atoms with van der Waals surface area (Å²) in [6.45, 7) is 1.87. The van der Waals surface area contributed by atoms with Gasteiger partial charge in [0.2, 0.25) is 0 Å². The molecule has 0 atom stereocenters. The van der Waals surface area contributed by atoms with Crippen molar-refractivity contribution in [3.05, 3.63) is 64.1 Å². The van der Waals surface area contributed by atoms with Crippen LogP contribution in [0, 0.1) is 0 Å². The fraction of sp³-hybridized carbons (Fsp3) is 0.176. The first kappa shape index (κ1) is 17.0. The van der Waals surface area contributed by atoms with Crippen molar-refractivity contribution in [1.82, 2.24) is 10.9 Å². The van der Waals surface area contributed by atoms with Gasteiger partial charge in [0.15, 0.2) is 6.61 Å².